The second-order valence-electron chi connectivity index (χ2n) is 4.91. The van der Waals surface area contributed by atoms with Gasteiger partial charge in [-0.15, -0.1) is 0 Å². The van der Waals surface area contributed by atoms with E-state index < -0.39 is 0 Å². The van der Waals surface area contributed by atoms with Crippen molar-refractivity contribution in [3.05, 3.63) is 36.0 Å². The van der Waals surface area contributed by atoms with Gasteiger partial charge in [0.2, 0.25) is 11.9 Å². The zero-order valence-corrected chi connectivity index (χ0v) is 12.3. The normalized spacial score (nSPS) is 11.0. The van der Waals surface area contributed by atoms with Crippen LogP contribution >= 0.6 is 0 Å². The molecular formula is C15H17N5O. The number of hydrogen-bond donors (Lipinski definition) is 1. The number of carbonyl (C=O) groups is 1. The summed E-state index contributed by atoms with van der Waals surface area (Å²) in [4.78, 5) is 16.0. The minimum atomic E-state index is -0.129. The molecule has 0 radical (unpaired) electrons. The first-order chi connectivity index (χ1) is 10.1. The highest BCUT2D eigenvalue weighted by atomic mass is 16.1. The van der Waals surface area contributed by atoms with Crippen molar-refractivity contribution in [1.29, 1.82) is 0 Å². The Hall–Kier alpha value is -2.63. The Bertz CT molecular complexity index is 815. The number of imidazole rings is 1. The summed E-state index contributed by atoms with van der Waals surface area (Å²) < 4.78 is 3.76. The zero-order valence-electron chi connectivity index (χ0n) is 12.3. The molecule has 0 aliphatic carbocycles. The average molecular weight is 283 g/mol. The molecule has 1 N–H and O–H groups in total. The summed E-state index contributed by atoms with van der Waals surface area (Å²) in [5.41, 5.74) is 2.79. The van der Waals surface area contributed by atoms with E-state index in [1.165, 1.54) is 6.92 Å². The first-order valence-corrected chi connectivity index (χ1v) is 6.90. The van der Waals surface area contributed by atoms with E-state index in [4.69, 9.17) is 0 Å². The van der Waals surface area contributed by atoms with Crippen molar-refractivity contribution >= 4 is 22.8 Å². The van der Waals surface area contributed by atoms with Gasteiger partial charge in [0, 0.05) is 19.5 Å². The third-order valence-electron chi connectivity index (χ3n) is 3.28. The fourth-order valence-corrected chi connectivity index (χ4v) is 2.46. The van der Waals surface area contributed by atoms with Crippen LogP contribution in [-0.2, 0) is 11.3 Å². The van der Waals surface area contributed by atoms with E-state index in [2.05, 4.69) is 26.9 Å². The molecule has 0 atom stereocenters. The Morgan fingerprint density at radius 1 is 1.33 bits per heavy atom. The molecule has 108 valence electrons. The van der Waals surface area contributed by atoms with Crippen LogP contribution in [0, 0.1) is 6.92 Å². The van der Waals surface area contributed by atoms with E-state index in [1.807, 2.05) is 37.3 Å². The number of carbonyl (C=O) groups excluding carboxylic acids is 1. The summed E-state index contributed by atoms with van der Waals surface area (Å²) in [6.45, 7) is 6.20. The number of aryl methyl sites for hydroxylation is 2. The Labute approximate surface area is 122 Å². The van der Waals surface area contributed by atoms with Crippen molar-refractivity contribution < 1.29 is 4.79 Å². The molecular weight excluding hydrogens is 266 g/mol. The highest BCUT2D eigenvalue weighted by molar-refractivity contribution is 5.88. The lowest BCUT2D eigenvalue weighted by Gasteiger charge is -2.09. The van der Waals surface area contributed by atoms with Crippen molar-refractivity contribution in [3.63, 3.8) is 0 Å². The number of rotatable bonds is 3. The summed E-state index contributed by atoms with van der Waals surface area (Å²) in [6.07, 6.45) is 0. The zero-order chi connectivity index (χ0) is 15.0. The van der Waals surface area contributed by atoms with Gasteiger partial charge in [-0.25, -0.2) is 4.98 Å². The fraction of sp³-hybridized carbons (Fsp3) is 0.267. The summed E-state index contributed by atoms with van der Waals surface area (Å²) in [5.74, 6) is 1.20. The summed E-state index contributed by atoms with van der Waals surface area (Å²) in [6, 6.07) is 9.79. The topological polar surface area (TPSA) is 64.7 Å². The molecule has 0 saturated heterocycles. The maximum absolute atomic E-state index is 11.4. The lowest BCUT2D eigenvalue weighted by molar-refractivity contribution is -0.114. The quantitative estimate of drug-likeness (QED) is 0.803. The van der Waals surface area contributed by atoms with Crippen LogP contribution in [0.2, 0.25) is 0 Å². The molecule has 0 aliphatic rings. The molecule has 0 unspecified atom stereocenters. The predicted octanol–water partition coefficient (Wildman–Crippen LogP) is 2.51. The third kappa shape index (κ3) is 2.29. The second-order valence-corrected chi connectivity index (χ2v) is 4.91. The minimum Gasteiger partial charge on any atom is -0.311 e. The molecule has 0 saturated carbocycles. The average Bonchev–Trinajstić information content (AvgIpc) is 2.97. The number of amides is 1. The van der Waals surface area contributed by atoms with E-state index in [-0.39, 0.29) is 5.91 Å². The molecule has 1 amide bonds. The summed E-state index contributed by atoms with van der Waals surface area (Å²) >= 11 is 0. The van der Waals surface area contributed by atoms with Crippen LogP contribution in [-0.4, -0.2) is 25.2 Å². The summed E-state index contributed by atoms with van der Waals surface area (Å²) in [7, 11) is 0. The van der Waals surface area contributed by atoms with Crippen LogP contribution in [0.3, 0.4) is 0 Å². The Balaban J connectivity index is 2.22. The van der Waals surface area contributed by atoms with E-state index in [0.29, 0.717) is 11.8 Å². The number of hydrogen-bond acceptors (Lipinski definition) is 3. The number of aromatic nitrogens is 4. The summed E-state index contributed by atoms with van der Waals surface area (Å²) in [5, 5.41) is 7.25. The van der Waals surface area contributed by atoms with E-state index in [1.54, 1.807) is 4.68 Å². The largest absolute Gasteiger partial charge is 0.311 e. The molecule has 0 spiro atoms. The molecule has 3 aromatic rings. The molecule has 6 heteroatoms. The van der Waals surface area contributed by atoms with Crippen molar-refractivity contribution in [2.75, 3.05) is 5.32 Å². The lowest BCUT2D eigenvalue weighted by Crippen LogP contribution is -2.14. The van der Waals surface area contributed by atoms with Crippen molar-refractivity contribution in [2.24, 2.45) is 0 Å². The van der Waals surface area contributed by atoms with Gasteiger partial charge >= 0.3 is 0 Å². The van der Waals surface area contributed by atoms with E-state index in [9.17, 15) is 4.79 Å². The van der Waals surface area contributed by atoms with Crippen molar-refractivity contribution in [2.45, 2.75) is 27.3 Å². The second kappa shape index (κ2) is 5.05. The van der Waals surface area contributed by atoms with E-state index in [0.717, 1.165) is 23.3 Å². The van der Waals surface area contributed by atoms with Crippen LogP contribution in [0.15, 0.2) is 30.3 Å². The van der Waals surface area contributed by atoms with Crippen LogP contribution < -0.4 is 5.32 Å². The Morgan fingerprint density at radius 2 is 2.10 bits per heavy atom. The number of nitrogens with zero attached hydrogens (tertiary/aromatic N) is 4. The van der Waals surface area contributed by atoms with Gasteiger partial charge in [0.25, 0.3) is 0 Å². The van der Waals surface area contributed by atoms with Crippen LogP contribution in [0.5, 0.6) is 0 Å². The Morgan fingerprint density at radius 3 is 2.81 bits per heavy atom. The molecule has 0 bridgehead atoms. The Kier molecular flexibility index (Phi) is 3.21. The molecule has 6 nitrogen and oxygen atoms in total. The molecule has 2 aromatic heterocycles. The molecule has 2 heterocycles. The number of fused-ring (bicyclic) bond motifs is 1. The molecule has 0 fully saturated rings. The fourth-order valence-electron chi connectivity index (χ4n) is 2.46. The molecule has 1 aromatic carbocycles. The van der Waals surface area contributed by atoms with Gasteiger partial charge in [-0.2, -0.15) is 9.78 Å². The van der Waals surface area contributed by atoms with Gasteiger partial charge in [0.1, 0.15) is 5.82 Å². The van der Waals surface area contributed by atoms with E-state index >= 15 is 0 Å². The highest BCUT2D eigenvalue weighted by Crippen LogP contribution is 2.22. The van der Waals surface area contributed by atoms with Crippen LogP contribution in [0.1, 0.15) is 19.5 Å². The van der Waals surface area contributed by atoms with Gasteiger partial charge in [-0.1, -0.05) is 12.1 Å². The maximum Gasteiger partial charge on any atom is 0.233 e. The molecule has 3 rings (SSSR count). The smallest absolute Gasteiger partial charge is 0.233 e. The third-order valence-corrected chi connectivity index (χ3v) is 3.28. The highest BCUT2D eigenvalue weighted by Gasteiger charge is 2.16. The van der Waals surface area contributed by atoms with Gasteiger partial charge in [0.15, 0.2) is 0 Å². The molecule has 0 aliphatic heterocycles. The monoisotopic (exact) mass is 283 g/mol. The first kappa shape index (κ1) is 13.4. The number of anilines is 1. The van der Waals surface area contributed by atoms with Crippen LogP contribution in [0.25, 0.3) is 17.0 Å². The van der Waals surface area contributed by atoms with Gasteiger partial charge in [-0.05, 0) is 26.0 Å². The maximum atomic E-state index is 11.4. The van der Waals surface area contributed by atoms with Gasteiger partial charge in [0.05, 0.1) is 16.7 Å². The number of para-hydroxylation sites is 2. The molecule has 21 heavy (non-hydrogen) atoms. The standard InChI is InChI=1S/C15H17N5O/c1-4-19-13-8-6-5-7-12(13)17-15(19)20-14(16-11(3)21)9-10(2)18-20/h5-9H,4H2,1-3H3,(H,16,21). The predicted molar refractivity (Wildman–Crippen MR) is 81.6 cm³/mol. The van der Waals surface area contributed by atoms with Crippen molar-refractivity contribution in [1.82, 2.24) is 19.3 Å². The van der Waals surface area contributed by atoms with Gasteiger partial charge < -0.3 is 9.88 Å². The minimum absolute atomic E-state index is 0.129. The van der Waals surface area contributed by atoms with Gasteiger partial charge in [-0.3, -0.25) is 4.79 Å². The number of benzene rings is 1. The number of nitrogens with one attached hydrogen (secondary N) is 1. The first-order valence-electron chi connectivity index (χ1n) is 6.90. The lowest BCUT2D eigenvalue weighted by atomic mass is 10.3. The van der Waals surface area contributed by atoms with Crippen LogP contribution in [0.4, 0.5) is 5.82 Å². The van der Waals surface area contributed by atoms with Crippen molar-refractivity contribution in [3.8, 4) is 5.95 Å². The SMILES string of the molecule is CCn1c(-n2nc(C)cc2NC(C)=O)nc2ccccc21.